The second kappa shape index (κ2) is 7.84. The highest BCUT2D eigenvalue weighted by atomic mass is 32.2. The third-order valence-corrected chi connectivity index (χ3v) is 6.61. The summed E-state index contributed by atoms with van der Waals surface area (Å²) >= 11 is 0. The summed E-state index contributed by atoms with van der Waals surface area (Å²) in [5.74, 6) is -1.49. The number of methoxy groups -OCH3 is 1. The van der Waals surface area contributed by atoms with E-state index in [4.69, 9.17) is 4.74 Å². The van der Waals surface area contributed by atoms with Crippen LogP contribution in [0.25, 0.3) is 0 Å². The number of benzene rings is 2. The average molecular weight is 410 g/mol. The van der Waals surface area contributed by atoms with Gasteiger partial charge in [-0.3, -0.25) is 4.79 Å². The highest BCUT2D eigenvalue weighted by molar-refractivity contribution is 7.89. The second-order valence-electron chi connectivity index (χ2n) is 6.46. The first-order chi connectivity index (χ1) is 13.2. The minimum absolute atomic E-state index is 0.00692. The summed E-state index contributed by atoms with van der Waals surface area (Å²) in [6.45, 7) is 2.14. The number of carbonyl (C=O) groups excluding carboxylic acids is 1. The molecular formula is C19H20F2N2O4S. The molecule has 3 rings (SSSR count). The molecule has 0 unspecified atom stereocenters. The van der Waals surface area contributed by atoms with E-state index >= 15 is 0 Å². The normalized spacial score (nSPS) is 15.5. The van der Waals surface area contributed by atoms with E-state index in [-0.39, 0.29) is 32.1 Å². The molecule has 2 aromatic rings. The molecule has 28 heavy (non-hydrogen) atoms. The van der Waals surface area contributed by atoms with Crippen LogP contribution < -0.4 is 4.74 Å². The molecule has 0 bridgehead atoms. The van der Waals surface area contributed by atoms with Gasteiger partial charge in [0.15, 0.2) is 0 Å². The van der Waals surface area contributed by atoms with Crippen molar-refractivity contribution >= 4 is 15.9 Å². The summed E-state index contributed by atoms with van der Waals surface area (Å²) in [6.07, 6.45) is 0. The van der Waals surface area contributed by atoms with Crippen molar-refractivity contribution in [2.45, 2.75) is 11.8 Å². The molecule has 9 heteroatoms. The maximum absolute atomic E-state index is 13.9. The minimum atomic E-state index is -4.18. The Morgan fingerprint density at radius 1 is 1.04 bits per heavy atom. The van der Waals surface area contributed by atoms with Gasteiger partial charge in [0.2, 0.25) is 10.0 Å². The Morgan fingerprint density at radius 2 is 1.71 bits per heavy atom. The molecule has 1 aliphatic heterocycles. The van der Waals surface area contributed by atoms with Crippen LogP contribution in [0.1, 0.15) is 15.9 Å². The Hall–Kier alpha value is -2.52. The molecule has 0 spiro atoms. The zero-order valence-electron chi connectivity index (χ0n) is 15.5. The van der Waals surface area contributed by atoms with Crippen LogP contribution in [0.15, 0.2) is 41.3 Å². The third-order valence-electron chi connectivity index (χ3n) is 4.69. The molecule has 1 fully saturated rings. The first-order valence-corrected chi connectivity index (χ1v) is 10.1. The molecule has 0 N–H and O–H groups in total. The number of ether oxygens (including phenoxy) is 1. The first-order valence-electron chi connectivity index (χ1n) is 8.63. The maximum atomic E-state index is 13.9. The fourth-order valence-electron chi connectivity index (χ4n) is 3.08. The van der Waals surface area contributed by atoms with Crippen LogP contribution in [-0.4, -0.2) is 56.8 Å². The Bertz CT molecular complexity index is 1000. The smallest absolute Gasteiger partial charge is 0.254 e. The standard InChI is InChI=1S/C19H20F2N2O4S/c1-13-3-4-14(11-17(13)27-2)19(24)22-7-9-23(10-8-22)28(25,26)18-12-15(20)5-6-16(18)21/h3-6,11-12H,7-10H2,1-2H3. The van der Waals surface area contributed by atoms with Crippen LogP contribution in [0.4, 0.5) is 8.78 Å². The van der Waals surface area contributed by atoms with Gasteiger partial charge in [-0.25, -0.2) is 17.2 Å². The fraction of sp³-hybridized carbons (Fsp3) is 0.316. The lowest BCUT2D eigenvalue weighted by Gasteiger charge is -2.34. The van der Waals surface area contributed by atoms with E-state index in [1.54, 1.807) is 18.2 Å². The lowest BCUT2D eigenvalue weighted by molar-refractivity contribution is 0.0697. The number of sulfonamides is 1. The van der Waals surface area contributed by atoms with E-state index in [0.717, 1.165) is 22.0 Å². The molecule has 1 aliphatic rings. The topological polar surface area (TPSA) is 66.9 Å². The van der Waals surface area contributed by atoms with Gasteiger partial charge in [-0.15, -0.1) is 0 Å². The van der Waals surface area contributed by atoms with Gasteiger partial charge in [0.1, 0.15) is 22.3 Å². The predicted molar refractivity (Wildman–Crippen MR) is 98.8 cm³/mol. The average Bonchev–Trinajstić information content (AvgIpc) is 2.69. The predicted octanol–water partition coefficient (Wildman–Crippen LogP) is 2.43. The third kappa shape index (κ3) is 3.85. The number of carbonyl (C=O) groups is 1. The van der Waals surface area contributed by atoms with Crippen molar-refractivity contribution in [3.8, 4) is 5.75 Å². The molecule has 0 atom stereocenters. The highest BCUT2D eigenvalue weighted by Gasteiger charge is 2.32. The first kappa shape index (κ1) is 20.2. The van der Waals surface area contributed by atoms with Gasteiger partial charge in [0.05, 0.1) is 7.11 Å². The number of hydrogen-bond donors (Lipinski definition) is 0. The van der Waals surface area contributed by atoms with Gasteiger partial charge in [-0.2, -0.15) is 4.31 Å². The molecule has 1 heterocycles. The number of nitrogens with zero attached hydrogens (tertiary/aromatic N) is 2. The van der Waals surface area contributed by atoms with Gasteiger partial charge in [-0.05, 0) is 42.8 Å². The fourth-order valence-corrected chi connectivity index (χ4v) is 4.58. The molecule has 0 saturated carbocycles. The Labute approximate surface area is 162 Å². The van der Waals surface area contributed by atoms with E-state index in [0.29, 0.717) is 17.4 Å². The Balaban J connectivity index is 1.73. The minimum Gasteiger partial charge on any atom is -0.496 e. The summed E-state index contributed by atoms with van der Waals surface area (Å²) in [4.78, 5) is 13.5. The number of hydrogen-bond acceptors (Lipinski definition) is 4. The zero-order valence-corrected chi connectivity index (χ0v) is 16.3. The van der Waals surface area contributed by atoms with Crippen LogP contribution in [0, 0.1) is 18.6 Å². The lowest BCUT2D eigenvalue weighted by atomic mass is 10.1. The number of piperazine rings is 1. The van der Waals surface area contributed by atoms with Gasteiger partial charge in [-0.1, -0.05) is 6.07 Å². The van der Waals surface area contributed by atoms with E-state index in [2.05, 4.69) is 0 Å². The van der Waals surface area contributed by atoms with Crippen LogP contribution in [0.5, 0.6) is 5.75 Å². The SMILES string of the molecule is COc1cc(C(=O)N2CCN(S(=O)(=O)c3cc(F)ccc3F)CC2)ccc1C. The van der Waals surface area contributed by atoms with Crippen molar-refractivity contribution in [3.05, 3.63) is 59.2 Å². The zero-order chi connectivity index (χ0) is 20.5. The van der Waals surface area contributed by atoms with E-state index in [1.807, 2.05) is 6.92 Å². The highest BCUT2D eigenvalue weighted by Crippen LogP contribution is 2.23. The van der Waals surface area contributed by atoms with Crippen molar-refractivity contribution in [1.82, 2.24) is 9.21 Å². The summed E-state index contributed by atoms with van der Waals surface area (Å²) in [7, 11) is -2.67. The summed E-state index contributed by atoms with van der Waals surface area (Å²) in [5, 5.41) is 0. The van der Waals surface area contributed by atoms with Gasteiger partial charge in [0.25, 0.3) is 5.91 Å². The Morgan fingerprint density at radius 3 is 2.36 bits per heavy atom. The maximum Gasteiger partial charge on any atom is 0.254 e. The molecule has 150 valence electrons. The van der Waals surface area contributed by atoms with Crippen molar-refractivity contribution in [3.63, 3.8) is 0 Å². The summed E-state index contributed by atoms with van der Waals surface area (Å²) in [6, 6.07) is 7.42. The molecule has 1 amide bonds. The molecule has 0 radical (unpaired) electrons. The van der Waals surface area contributed by atoms with Crippen LogP contribution in [-0.2, 0) is 10.0 Å². The van der Waals surface area contributed by atoms with Crippen molar-refractivity contribution < 1.29 is 26.7 Å². The number of aryl methyl sites for hydroxylation is 1. The van der Waals surface area contributed by atoms with Gasteiger partial charge < -0.3 is 9.64 Å². The van der Waals surface area contributed by atoms with Crippen molar-refractivity contribution in [2.24, 2.45) is 0 Å². The van der Waals surface area contributed by atoms with Crippen LogP contribution >= 0.6 is 0 Å². The van der Waals surface area contributed by atoms with E-state index in [1.165, 1.54) is 12.0 Å². The molecule has 0 aromatic heterocycles. The lowest BCUT2D eigenvalue weighted by Crippen LogP contribution is -2.50. The quantitative estimate of drug-likeness (QED) is 0.777. The van der Waals surface area contributed by atoms with Crippen LogP contribution in [0.2, 0.25) is 0 Å². The van der Waals surface area contributed by atoms with Crippen molar-refractivity contribution in [2.75, 3.05) is 33.3 Å². The summed E-state index contributed by atoms with van der Waals surface area (Å²) in [5.41, 5.74) is 1.34. The number of amides is 1. The number of halogens is 2. The molecule has 6 nitrogen and oxygen atoms in total. The van der Waals surface area contributed by atoms with E-state index < -0.39 is 26.6 Å². The summed E-state index contributed by atoms with van der Waals surface area (Å²) < 4.78 is 58.8. The monoisotopic (exact) mass is 410 g/mol. The molecule has 0 aliphatic carbocycles. The van der Waals surface area contributed by atoms with Crippen molar-refractivity contribution in [1.29, 1.82) is 0 Å². The second-order valence-corrected chi connectivity index (χ2v) is 8.36. The Kier molecular flexibility index (Phi) is 5.66. The molecule has 2 aromatic carbocycles. The van der Waals surface area contributed by atoms with Gasteiger partial charge >= 0.3 is 0 Å². The molecule has 1 saturated heterocycles. The van der Waals surface area contributed by atoms with Crippen LogP contribution in [0.3, 0.4) is 0 Å². The van der Waals surface area contributed by atoms with Gasteiger partial charge in [0, 0.05) is 31.7 Å². The molecular weight excluding hydrogens is 390 g/mol. The van der Waals surface area contributed by atoms with E-state index in [9.17, 15) is 22.0 Å². The largest absolute Gasteiger partial charge is 0.496 e. The number of rotatable bonds is 4.